The smallest absolute Gasteiger partial charge is 0.158 e. The van der Waals surface area contributed by atoms with Crippen LogP contribution >= 0.6 is 0 Å². The SMILES string of the molecule is C[C@@H](O)c1ccc(OCCS(=O)(=O)C(C)(C)C)cc1F. The largest absolute Gasteiger partial charge is 0.492 e. The molecule has 0 spiro atoms. The zero-order valence-corrected chi connectivity index (χ0v) is 13.0. The molecule has 0 aliphatic rings. The highest BCUT2D eigenvalue weighted by molar-refractivity contribution is 7.92. The maximum absolute atomic E-state index is 13.6. The van der Waals surface area contributed by atoms with Crippen LogP contribution in [0.1, 0.15) is 39.4 Å². The van der Waals surface area contributed by atoms with Crippen LogP contribution in [0.25, 0.3) is 0 Å². The van der Waals surface area contributed by atoms with E-state index in [9.17, 15) is 17.9 Å². The number of ether oxygens (including phenoxy) is 1. The molecule has 0 bridgehead atoms. The summed E-state index contributed by atoms with van der Waals surface area (Å²) >= 11 is 0. The van der Waals surface area contributed by atoms with Gasteiger partial charge in [0.2, 0.25) is 0 Å². The standard InChI is InChI=1S/C14H21FO4S/c1-10(16)12-6-5-11(9-13(12)15)19-7-8-20(17,18)14(2,3)4/h5-6,9-10,16H,7-8H2,1-4H3/t10-/m1/s1. The van der Waals surface area contributed by atoms with Gasteiger partial charge >= 0.3 is 0 Å². The predicted octanol–water partition coefficient (Wildman–Crippen LogP) is 2.47. The molecule has 0 aliphatic carbocycles. The van der Waals surface area contributed by atoms with E-state index in [0.29, 0.717) is 0 Å². The molecule has 0 fully saturated rings. The van der Waals surface area contributed by atoms with Crippen molar-refractivity contribution < 1.29 is 22.7 Å². The lowest BCUT2D eigenvalue weighted by Crippen LogP contribution is -2.32. The van der Waals surface area contributed by atoms with Crippen LogP contribution in [0.5, 0.6) is 5.75 Å². The molecule has 4 nitrogen and oxygen atoms in total. The molecular formula is C14H21FO4S. The Morgan fingerprint density at radius 3 is 2.40 bits per heavy atom. The lowest BCUT2D eigenvalue weighted by atomic mass is 10.1. The number of aliphatic hydroxyl groups excluding tert-OH is 1. The maximum Gasteiger partial charge on any atom is 0.158 e. The van der Waals surface area contributed by atoms with Crippen molar-refractivity contribution in [2.75, 3.05) is 12.4 Å². The van der Waals surface area contributed by atoms with Crippen LogP contribution < -0.4 is 4.74 Å². The minimum absolute atomic E-state index is 0.0347. The molecule has 1 aromatic rings. The van der Waals surface area contributed by atoms with E-state index >= 15 is 0 Å². The molecule has 0 unspecified atom stereocenters. The average molecular weight is 304 g/mol. The van der Waals surface area contributed by atoms with Gasteiger partial charge in [0, 0.05) is 11.6 Å². The molecule has 1 rings (SSSR count). The molecule has 0 heterocycles. The Kier molecular flexibility index (Phi) is 5.15. The Bertz CT molecular complexity index is 559. The van der Waals surface area contributed by atoms with Gasteiger partial charge in [0.15, 0.2) is 9.84 Å². The minimum Gasteiger partial charge on any atom is -0.492 e. The fourth-order valence-electron chi connectivity index (χ4n) is 1.51. The molecule has 0 saturated carbocycles. The highest BCUT2D eigenvalue weighted by atomic mass is 32.2. The van der Waals surface area contributed by atoms with Gasteiger partial charge in [0.25, 0.3) is 0 Å². The molecule has 0 radical (unpaired) electrons. The van der Waals surface area contributed by atoms with Gasteiger partial charge < -0.3 is 9.84 Å². The second-order valence-corrected chi connectivity index (χ2v) is 8.50. The van der Waals surface area contributed by atoms with E-state index in [1.165, 1.54) is 19.1 Å². The molecule has 20 heavy (non-hydrogen) atoms. The molecule has 114 valence electrons. The summed E-state index contributed by atoms with van der Waals surface area (Å²) in [5, 5.41) is 9.31. The molecular weight excluding hydrogens is 283 g/mol. The van der Waals surface area contributed by atoms with Crippen LogP contribution in [0.15, 0.2) is 18.2 Å². The predicted molar refractivity (Wildman–Crippen MR) is 76.1 cm³/mol. The van der Waals surface area contributed by atoms with Gasteiger partial charge in [0.05, 0.1) is 16.6 Å². The highest BCUT2D eigenvalue weighted by Gasteiger charge is 2.28. The summed E-state index contributed by atoms with van der Waals surface area (Å²) < 4.78 is 41.7. The van der Waals surface area contributed by atoms with Crippen LogP contribution in [0.3, 0.4) is 0 Å². The summed E-state index contributed by atoms with van der Waals surface area (Å²) in [6, 6.07) is 4.08. The lowest BCUT2D eigenvalue weighted by Gasteiger charge is -2.19. The third-order valence-corrected chi connectivity index (χ3v) is 5.55. The Morgan fingerprint density at radius 2 is 1.95 bits per heavy atom. The van der Waals surface area contributed by atoms with Crippen molar-refractivity contribution >= 4 is 9.84 Å². The first kappa shape index (κ1) is 16.9. The number of sulfone groups is 1. The second-order valence-electron chi connectivity index (χ2n) is 5.64. The average Bonchev–Trinajstić information content (AvgIpc) is 2.26. The molecule has 0 aliphatic heterocycles. The van der Waals surface area contributed by atoms with Crippen LogP contribution in [0.4, 0.5) is 4.39 Å². The van der Waals surface area contributed by atoms with E-state index in [2.05, 4.69) is 0 Å². The van der Waals surface area contributed by atoms with Gasteiger partial charge in [-0.25, -0.2) is 12.8 Å². The van der Waals surface area contributed by atoms with Gasteiger partial charge in [-0.3, -0.25) is 0 Å². The Labute approximate surface area is 119 Å². The van der Waals surface area contributed by atoms with Crippen LogP contribution in [0.2, 0.25) is 0 Å². The van der Waals surface area contributed by atoms with Crippen molar-refractivity contribution in [3.8, 4) is 5.75 Å². The van der Waals surface area contributed by atoms with Gasteiger partial charge in [-0.15, -0.1) is 0 Å². The van der Waals surface area contributed by atoms with Gasteiger partial charge in [-0.05, 0) is 39.8 Å². The number of hydrogen-bond donors (Lipinski definition) is 1. The van der Waals surface area contributed by atoms with E-state index in [1.54, 1.807) is 20.8 Å². The van der Waals surface area contributed by atoms with Crippen LogP contribution in [0, 0.1) is 5.82 Å². The van der Waals surface area contributed by atoms with Crippen molar-refractivity contribution in [1.29, 1.82) is 0 Å². The van der Waals surface area contributed by atoms with Crippen molar-refractivity contribution in [2.45, 2.75) is 38.5 Å². The number of rotatable bonds is 5. The summed E-state index contributed by atoms with van der Waals surface area (Å²) in [7, 11) is -3.26. The first-order chi connectivity index (χ1) is 9.04. The van der Waals surface area contributed by atoms with E-state index in [-0.39, 0.29) is 23.7 Å². The van der Waals surface area contributed by atoms with Crippen molar-refractivity contribution in [2.24, 2.45) is 0 Å². The topological polar surface area (TPSA) is 63.6 Å². The molecule has 1 N–H and O–H groups in total. The van der Waals surface area contributed by atoms with E-state index in [0.717, 1.165) is 6.07 Å². The first-order valence-electron chi connectivity index (χ1n) is 6.37. The van der Waals surface area contributed by atoms with E-state index < -0.39 is 26.5 Å². The molecule has 1 atom stereocenters. The van der Waals surface area contributed by atoms with Gasteiger partial charge in [-0.2, -0.15) is 0 Å². The van der Waals surface area contributed by atoms with Crippen LogP contribution in [-0.2, 0) is 9.84 Å². The third kappa shape index (κ3) is 4.18. The summed E-state index contributed by atoms with van der Waals surface area (Å²) in [5.74, 6) is -0.455. The molecule has 0 amide bonds. The summed E-state index contributed by atoms with van der Waals surface area (Å²) in [6.45, 7) is 6.31. The summed E-state index contributed by atoms with van der Waals surface area (Å²) in [5.41, 5.74) is 0.180. The molecule has 0 aromatic heterocycles. The zero-order valence-electron chi connectivity index (χ0n) is 12.2. The lowest BCUT2D eigenvalue weighted by molar-refractivity contribution is 0.194. The molecule has 6 heteroatoms. The highest BCUT2D eigenvalue weighted by Crippen LogP contribution is 2.22. The quantitative estimate of drug-likeness (QED) is 0.907. The number of halogens is 1. The zero-order chi connectivity index (χ0) is 15.6. The Hall–Kier alpha value is -1.14. The van der Waals surface area contributed by atoms with Gasteiger partial charge in [-0.1, -0.05) is 0 Å². The fourth-order valence-corrected chi connectivity index (χ4v) is 2.43. The molecule has 0 saturated heterocycles. The fraction of sp³-hybridized carbons (Fsp3) is 0.571. The van der Waals surface area contributed by atoms with E-state index in [1.807, 2.05) is 0 Å². The van der Waals surface area contributed by atoms with Crippen molar-refractivity contribution in [3.63, 3.8) is 0 Å². The van der Waals surface area contributed by atoms with Crippen molar-refractivity contribution in [1.82, 2.24) is 0 Å². The first-order valence-corrected chi connectivity index (χ1v) is 8.02. The minimum atomic E-state index is -3.26. The normalized spacial score (nSPS) is 14.1. The second kappa shape index (κ2) is 6.10. The summed E-state index contributed by atoms with van der Waals surface area (Å²) in [6.07, 6.45) is -0.898. The van der Waals surface area contributed by atoms with Crippen molar-refractivity contribution in [3.05, 3.63) is 29.6 Å². The third-order valence-electron chi connectivity index (χ3n) is 2.98. The number of benzene rings is 1. The number of aliphatic hydroxyl groups is 1. The van der Waals surface area contributed by atoms with E-state index in [4.69, 9.17) is 4.74 Å². The number of hydrogen-bond acceptors (Lipinski definition) is 4. The Balaban J connectivity index is 2.66. The molecule has 1 aromatic carbocycles. The monoisotopic (exact) mass is 304 g/mol. The maximum atomic E-state index is 13.6. The van der Waals surface area contributed by atoms with Gasteiger partial charge in [0.1, 0.15) is 18.2 Å². The Morgan fingerprint density at radius 1 is 1.35 bits per heavy atom. The van der Waals surface area contributed by atoms with Crippen LogP contribution in [-0.4, -0.2) is 30.6 Å². The summed E-state index contributed by atoms with van der Waals surface area (Å²) in [4.78, 5) is 0.